The monoisotopic (exact) mass is 261 g/mol. The Kier molecular flexibility index (Phi) is 3.42. The third kappa shape index (κ3) is 2.60. The Morgan fingerprint density at radius 3 is 2.83 bits per heavy atom. The molecule has 0 aromatic heterocycles. The van der Waals surface area contributed by atoms with E-state index in [1.807, 2.05) is 11.8 Å². The highest BCUT2D eigenvalue weighted by atomic mass is 32.2. The van der Waals surface area contributed by atoms with Crippen LogP contribution < -0.4 is 5.32 Å². The fraction of sp³-hybridized carbons (Fsp3) is 0.625. The van der Waals surface area contributed by atoms with E-state index < -0.39 is 0 Å². The lowest BCUT2D eigenvalue weighted by Gasteiger charge is -2.22. The van der Waals surface area contributed by atoms with E-state index >= 15 is 0 Å². The van der Waals surface area contributed by atoms with Crippen LogP contribution in [0.4, 0.5) is 0 Å². The molecule has 1 aliphatic carbocycles. The molecule has 1 atom stereocenters. The summed E-state index contributed by atoms with van der Waals surface area (Å²) in [5.41, 5.74) is 2.23. The van der Waals surface area contributed by atoms with Gasteiger partial charge in [0.2, 0.25) is 0 Å². The molecule has 2 heteroatoms. The van der Waals surface area contributed by atoms with Gasteiger partial charge in [0.1, 0.15) is 0 Å². The molecule has 1 heterocycles. The molecule has 1 unspecified atom stereocenters. The average Bonchev–Trinajstić information content (AvgIpc) is 3.02. The molecule has 3 rings (SSSR count). The van der Waals surface area contributed by atoms with E-state index in [0.29, 0.717) is 11.5 Å². The zero-order chi connectivity index (χ0) is 12.6. The van der Waals surface area contributed by atoms with Crippen molar-refractivity contribution in [2.75, 3.05) is 12.3 Å². The minimum absolute atomic E-state index is 0.618. The van der Waals surface area contributed by atoms with Crippen molar-refractivity contribution in [3.63, 3.8) is 0 Å². The maximum Gasteiger partial charge on any atom is 0.0107 e. The Balaban J connectivity index is 1.64. The van der Waals surface area contributed by atoms with Gasteiger partial charge >= 0.3 is 0 Å². The molecule has 18 heavy (non-hydrogen) atoms. The first-order valence-corrected chi connectivity index (χ1v) is 8.12. The Morgan fingerprint density at radius 2 is 2.11 bits per heavy atom. The minimum atomic E-state index is 0.618. The van der Waals surface area contributed by atoms with Crippen LogP contribution in [0.1, 0.15) is 44.6 Å². The molecule has 0 spiro atoms. The molecule has 1 aromatic rings. The molecule has 1 aromatic carbocycles. The summed E-state index contributed by atoms with van der Waals surface area (Å²) in [5, 5.41) is 3.64. The quantitative estimate of drug-likeness (QED) is 0.858. The van der Waals surface area contributed by atoms with Crippen LogP contribution in [0.15, 0.2) is 29.2 Å². The minimum Gasteiger partial charge on any atom is -0.314 e. The maximum absolute atomic E-state index is 3.64. The molecule has 1 aliphatic heterocycles. The van der Waals surface area contributed by atoms with E-state index in [9.17, 15) is 0 Å². The summed E-state index contributed by atoms with van der Waals surface area (Å²) in [4.78, 5) is 1.52. The van der Waals surface area contributed by atoms with Crippen molar-refractivity contribution < 1.29 is 0 Å². The summed E-state index contributed by atoms with van der Waals surface area (Å²) in [6.07, 6.45) is 4.24. The summed E-state index contributed by atoms with van der Waals surface area (Å²) in [5.74, 6) is 2.09. The first-order chi connectivity index (χ1) is 8.69. The van der Waals surface area contributed by atoms with Crippen LogP contribution in [0.25, 0.3) is 0 Å². The van der Waals surface area contributed by atoms with Crippen molar-refractivity contribution in [3.8, 4) is 0 Å². The van der Waals surface area contributed by atoms with Crippen LogP contribution in [0.3, 0.4) is 0 Å². The van der Waals surface area contributed by atoms with E-state index in [1.165, 1.54) is 36.5 Å². The van der Waals surface area contributed by atoms with Gasteiger partial charge in [-0.25, -0.2) is 0 Å². The van der Waals surface area contributed by atoms with E-state index in [2.05, 4.69) is 43.4 Å². The van der Waals surface area contributed by atoms with Gasteiger partial charge in [-0.15, -0.1) is 11.8 Å². The van der Waals surface area contributed by atoms with Gasteiger partial charge < -0.3 is 5.32 Å². The second-order valence-electron chi connectivity index (χ2n) is 6.29. The molecular weight excluding hydrogens is 238 g/mol. The lowest BCUT2D eigenvalue weighted by Crippen LogP contribution is -2.30. The fourth-order valence-corrected chi connectivity index (χ4v) is 4.23. The van der Waals surface area contributed by atoms with Crippen molar-refractivity contribution in [2.45, 2.75) is 50.0 Å². The van der Waals surface area contributed by atoms with E-state index in [0.717, 1.165) is 5.92 Å². The summed E-state index contributed by atoms with van der Waals surface area (Å²) >= 11 is 2.05. The van der Waals surface area contributed by atoms with Gasteiger partial charge in [0.05, 0.1) is 0 Å². The highest BCUT2D eigenvalue weighted by Gasteiger charge is 2.44. The van der Waals surface area contributed by atoms with Gasteiger partial charge in [0.15, 0.2) is 0 Å². The van der Waals surface area contributed by atoms with Crippen LogP contribution in [-0.2, 0) is 0 Å². The van der Waals surface area contributed by atoms with Crippen LogP contribution in [0, 0.1) is 5.41 Å². The van der Waals surface area contributed by atoms with Crippen LogP contribution >= 0.6 is 11.8 Å². The molecule has 1 nitrogen and oxygen atoms in total. The molecule has 0 saturated heterocycles. The predicted molar refractivity (Wildman–Crippen MR) is 79.3 cm³/mol. The highest BCUT2D eigenvalue weighted by Crippen LogP contribution is 2.54. The highest BCUT2D eigenvalue weighted by molar-refractivity contribution is 7.99. The number of benzene rings is 1. The van der Waals surface area contributed by atoms with E-state index in [4.69, 9.17) is 0 Å². The Labute approximate surface area is 115 Å². The Morgan fingerprint density at radius 1 is 1.33 bits per heavy atom. The molecule has 1 N–H and O–H groups in total. The first-order valence-electron chi connectivity index (χ1n) is 7.14. The largest absolute Gasteiger partial charge is 0.314 e. The first kappa shape index (κ1) is 12.6. The van der Waals surface area contributed by atoms with Crippen LogP contribution in [-0.4, -0.2) is 18.3 Å². The van der Waals surface area contributed by atoms with Crippen molar-refractivity contribution in [3.05, 3.63) is 29.8 Å². The van der Waals surface area contributed by atoms with Gasteiger partial charge in [-0.3, -0.25) is 0 Å². The van der Waals surface area contributed by atoms with Crippen LogP contribution in [0.2, 0.25) is 0 Å². The third-order valence-electron chi connectivity index (χ3n) is 4.32. The zero-order valence-electron chi connectivity index (χ0n) is 11.4. The normalized spacial score (nSPS) is 24.3. The number of thioether (sulfide) groups is 1. The van der Waals surface area contributed by atoms with Gasteiger partial charge in [-0.05, 0) is 42.2 Å². The summed E-state index contributed by atoms with van der Waals surface area (Å²) in [6, 6.07) is 9.61. The molecule has 1 saturated carbocycles. The molecule has 0 amide bonds. The Hall–Kier alpha value is -0.470. The van der Waals surface area contributed by atoms with Crippen molar-refractivity contribution in [1.82, 2.24) is 5.32 Å². The summed E-state index contributed by atoms with van der Waals surface area (Å²) in [6.45, 7) is 5.71. The molecule has 2 aliphatic rings. The third-order valence-corrected chi connectivity index (χ3v) is 5.57. The predicted octanol–water partition coefficient (Wildman–Crippen LogP) is 4.04. The Bertz CT molecular complexity index is 423. The second-order valence-corrected chi connectivity index (χ2v) is 7.35. The summed E-state index contributed by atoms with van der Waals surface area (Å²) in [7, 11) is 0. The standard InChI is InChI=1S/C16H23NS/c1-12(2)17-11-16(7-8-16)9-13-10-18-15-6-4-3-5-14(13)15/h3-6,12-13,17H,7-11H2,1-2H3. The SMILES string of the molecule is CC(C)NCC1(CC2CSc3ccccc32)CC1. The number of hydrogen-bond donors (Lipinski definition) is 1. The average molecular weight is 261 g/mol. The molecule has 98 valence electrons. The molecular formula is C16H23NS. The molecule has 1 fully saturated rings. The number of fused-ring (bicyclic) bond motifs is 1. The lowest BCUT2D eigenvalue weighted by atomic mass is 9.88. The molecule has 0 radical (unpaired) electrons. The van der Waals surface area contributed by atoms with Crippen molar-refractivity contribution in [2.24, 2.45) is 5.41 Å². The van der Waals surface area contributed by atoms with E-state index in [-0.39, 0.29) is 0 Å². The number of rotatable bonds is 5. The van der Waals surface area contributed by atoms with Crippen molar-refractivity contribution >= 4 is 11.8 Å². The van der Waals surface area contributed by atoms with E-state index in [1.54, 1.807) is 5.56 Å². The zero-order valence-corrected chi connectivity index (χ0v) is 12.2. The smallest absolute Gasteiger partial charge is 0.0107 e. The number of nitrogens with one attached hydrogen (secondary N) is 1. The lowest BCUT2D eigenvalue weighted by molar-refractivity contribution is 0.383. The van der Waals surface area contributed by atoms with Gasteiger partial charge in [0, 0.05) is 23.2 Å². The van der Waals surface area contributed by atoms with Crippen LogP contribution in [0.5, 0.6) is 0 Å². The topological polar surface area (TPSA) is 12.0 Å². The van der Waals surface area contributed by atoms with Gasteiger partial charge in [-0.1, -0.05) is 32.0 Å². The number of hydrogen-bond acceptors (Lipinski definition) is 2. The summed E-state index contributed by atoms with van der Waals surface area (Å²) < 4.78 is 0. The van der Waals surface area contributed by atoms with Gasteiger partial charge in [0.25, 0.3) is 0 Å². The van der Waals surface area contributed by atoms with Gasteiger partial charge in [-0.2, -0.15) is 0 Å². The van der Waals surface area contributed by atoms with Crippen molar-refractivity contribution in [1.29, 1.82) is 0 Å². The fourth-order valence-electron chi connectivity index (χ4n) is 2.97. The maximum atomic E-state index is 3.64. The molecule has 0 bridgehead atoms. The second kappa shape index (κ2) is 4.90.